The minimum atomic E-state index is -0.311. The van der Waals surface area contributed by atoms with Crippen LogP contribution in [0.4, 0.5) is 0 Å². The molecule has 2 heterocycles. The van der Waals surface area contributed by atoms with E-state index in [4.69, 9.17) is 4.74 Å². The third-order valence-corrected chi connectivity index (χ3v) is 3.12. The van der Waals surface area contributed by atoms with E-state index in [1.165, 1.54) is 0 Å². The Kier molecular flexibility index (Phi) is 2.21. The van der Waals surface area contributed by atoms with Gasteiger partial charge in [-0.1, -0.05) is 30.3 Å². The Hall–Kier alpha value is -2.10. The lowest BCUT2D eigenvalue weighted by atomic mass is 9.85. The lowest BCUT2D eigenvalue weighted by Gasteiger charge is -2.22. The van der Waals surface area contributed by atoms with Crippen LogP contribution in [0.1, 0.15) is 17.9 Å². The molecule has 86 valence electrons. The highest BCUT2D eigenvalue weighted by Crippen LogP contribution is 2.35. The third kappa shape index (κ3) is 1.62. The molecule has 0 radical (unpaired) electrons. The molecule has 17 heavy (non-hydrogen) atoms. The minimum absolute atomic E-state index is 0.0593. The summed E-state index contributed by atoms with van der Waals surface area (Å²) in [5, 5.41) is 2.70. The summed E-state index contributed by atoms with van der Waals surface area (Å²) >= 11 is 0. The summed E-state index contributed by atoms with van der Waals surface area (Å²) in [5.74, 6) is -0.542. The maximum atomic E-state index is 11.7. The van der Waals surface area contributed by atoms with Crippen molar-refractivity contribution in [2.24, 2.45) is 0 Å². The molecule has 2 aliphatic heterocycles. The number of rotatable bonds is 1. The Morgan fingerprint density at radius 3 is 2.71 bits per heavy atom. The maximum absolute atomic E-state index is 11.7. The van der Waals surface area contributed by atoms with Crippen molar-refractivity contribution in [3.63, 3.8) is 0 Å². The molecule has 2 aliphatic rings. The van der Waals surface area contributed by atoms with Gasteiger partial charge in [-0.2, -0.15) is 0 Å². The molecular weight excluding hydrogens is 218 g/mol. The van der Waals surface area contributed by atoms with Crippen LogP contribution < -0.4 is 5.32 Å². The summed E-state index contributed by atoms with van der Waals surface area (Å²) in [6.07, 6.45) is 0.304. The van der Waals surface area contributed by atoms with Crippen LogP contribution in [0.15, 0.2) is 41.6 Å². The quantitative estimate of drug-likeness (QED) is 0.734. The summed E-state index contributed by atoms with van der Waals surface area (Å²) in [6.45, 7) is 0.184. The fourth-order valence-electron chi connectivity index (χ4n) is 2.35. The van der Waals surface area contributed by atoms with Crippen LogP contribution >= 0.6 is 0 Å². The van der Waals surface area contributed by atoms with Crippen LogP contribution in [0.5, 0.6) is 0 Å². The number of carbonyl (C=O) groups is 2. The van der Waals surface area contributed by atoms with Crippen LogP contribution in [-0.2, 0) is 14.3 Å². The van der Waals surface area contributed by atoms with Crippen LogP contribution in [0, 0.1) is 0 Å². The van der Waals surface area contributed by atoms with Crippen molar-refractivity contribution in [3.8, 4) is 0 Å². The molecule has 1 aromatic rings. The van der Waals surface area contributed by atoms with Gasteiger partial charge in [0.25, 0.3) is 0 Å². The van der Waals surface area contributed by atoms with Crippen LogP contribution in [0.3, 0.4) is 0 Å². The minimum Gasteiger partial charge on any atom is -0.456 e. The van der Waals surface area contributed by atoms with E-state index in [2.05, 4.69) is 5.32 Å². The Balaban J connectivity index is 2.06. The molecule has 1 aromatic carbocycles. The fourth-order valence-corrected chi connectivity index (χ4v) is 2.35. The second-order valence-electron chi connectivity index (χ2n) is 4.18. The predicted octanol–water partition coefficient (Wildman–Crippen LogP) is 1.10. The van der Waals surface area contributed by atoms with E-state index in [-0.39, 0.29) is 24.4 Å². The van der Waals surface area contributed by atoms with E-state index in [1.807, 2.05) is 30.3 Å². The number of ether oxygens (including phenoxy) is 1. The number of nitrogens with one attached hydrogen (secondary N) is 1. The lowest BCUT2D eigenvalue weighted by Crippen LogP contribution is -2.32. The second kappa shape index (κ2) is 3.73. The number of esters is 1. The van der Waals surface area contributed by atoms with Crippen molar-refractivity contribution in [1.82, 2.24) is 5.32 Å². The number of cyclic esters (lactones) is 1. The summed E-state index contributed by atoms with van der Waals surface area (Å²) in [7, 11) is 0. The molecule has 1 amide bonds. The first-order valence-corrected chi connectivity index (χ1v) is 5.50. The largest absolute Gasteiger partial charge is 0.456 e. The van der Waals surface area contributed by atoms with Gasteiger partial charge in [0.05, 0.1) is 11.3 Å². The van der Waals surface area contributed by atoms with Crippen molar-refractivity contribution in [1.29, 1.82) is 0 Å². The van der Waals surface area contributed by atoms with Crippen molar-refractivity contribution in [2.45, 2.75) is 12.3 Å². The lowest BCUT2D eigenvalue weighted by molar-refractivity contribution is -0.136. The first-order chi connectivity index (χ1) is 8.25. The predicted molar refractivity (Wildman–Crippen MR) is 59.9 cm³/mol. The smallest absolute Gasteiger partial charge is 0.336 e. The molecule has 0 saturated heterocycles. The van der Waals surface area contributed by atoms with Gasteiger partial charge in [0.1, 0.15) is 6.61 Å². The standard InChI is InChI=1S/C13H11NO3/c15-11-6-9(8-4-2-1-3-5-8)12-10(14-11)7-17-13(12)16/h1-5,9H,6-7H2,(H,14,15). The molecule has 0 saturated carbocycles. The van der Waals surface area contributed by atoms with Gasteiger partial charge in [-0.05, 0) is 5.56 Å². The van der Waals surface area contributed by atoms with Gasteiger partial charge in [-0.3, -0.25) is 4.79 Å². The van der Waals surface area contributed by atoms with Gasteiger partial charge < -0.3 is 10.1 Å². The first-order valence-electron chi connectivity index (χ1n) is 5.50. The summed E-state index contributed by atoms with van der Waals surface area (Å²) in [4.78, 5) is 23.3. The van der Waals surface area contributed by atoms with Crippen molar-refractivity contribution < 1.29 is 14.3 Å². The molecule has 0 fully saturated rings. The average molecular weight is 229 g/mol. The van der Waals surface area contributed by atoms with Crippen LogP contribution in [0.2, 0.25) is 0 Å². The molecular formula is C13H11NO3. The summed E-state index contributed by atoms with van der Waals surface area (Å²) < 4.78 is 4.97. The molecule has 1 unspecified atom stereocenters. The van der Waals surface area contributed by atoms with Crippen LogP contribution in [-0.4, -0.2) is 18.5 Å². The molecule has 3 rings (SSSR count). The van der Waals surface area contributed by atoms with Gasteiger partial charge in [-0.25, -0.2) is 4.79 Å². The normalized spacial score (nSPS) is 23.2. The molecule has 1 N–H and O–H groups in total. The zero-order chi connectivity index (χ0) is 11.8. The van der Waals surface area contributed by atoms with Gasteiger partial charge in [0.15, 0.2) is 0 Å². The van der Waals surface area contributed by atoms with E-state index in [9.17, 15) is 9.59 Å². The highest BCUT2D eigenvalue weighted by molar-refractivity contribution is 5.98. The Morgan fingerprint density at radius 1 is 1.18 bits per heavy atom. The van der Waals surface area contributed by atoms with Crippen molar-refractivity contribution >= 4 is 11.9 Å². The monoisotopic (exact) mass is 229 g/mol. The van der Waals surface area contributed by atoms with Gasteiger partial charge >= 0.3 is 5.97 Å². The van der Waals surface area contributed by atoms with Crippen molar-refractivity contribution in [3.05, 3.63) is 47.2 Å². The van der Waals surface area contributed by atoms with Gasteiger partial charge in [-0.15, -0.1) is 0 Å². The first kappa shape index (κ1) is 10.1. The second-order valence-corrected chi connectivity index (χ2v) is 4.18. The molecule has 0 aliphatic carbocycles. The summed E-state index contributed by atoms with van der Waals surface area (Å²) in [6, 6.07) is 9.58. The average Bonchev–Trinajstić information content (AvgIpc) is 2.71. The van der Waals surface area contributed by atoms with E-state index < -0.39 is 0 Å². The fraction of sp³-hybridized carbons (Fsp3) is 0.231. The van der Waals surface area contributed by atoms with E-state index in [0.717, 1.165) is 5.56 Å². The maximum Gasteiger partial charge on any atom is 0.336 e. The molecule has 4 nitrogen and oxygen atoms in total. The molecule has 0 aromatic heterocycles. The topological polar surface area (TPSA) is 55.4 Å². The molecule has 0 spiro atoms. The Bertz CT molecular complexity index is 519. The zero-order valence-electron chi connectivity index (χ0n) is 9.10. The molecule has 4 heteroatoms. The van der Waals surface area contributed by atoms with Gasteiger partial charge in [0.2, 0.25) is 5.91 Å². The third-order valence-electron chi connectivity index (χ3n) is 3.12. The highest BCUT2D eigenvalue weighted by Gasteiger charge is 2.37. The number of hydrogen-bond acceptors (Lipinski definition) is 3. The van der Waals surface area contributed by atoms with Crippen molar-refractivity contribution in [2.75, 3.05) is 6.61 Å². The number of benzene rings is 1. The molecule has 1 atom stereocenters. The molecule has 0 bridgehead atoms. The van der Waals surface area contributed by atoms with Crippen LogP contribution in [0.25, 0.3) is 0 Å². The Labute approximate surface area is 98.3 Å². The Morgan fingerprint density at radius 2 is 1.94 bits per heavy atom. The summed E-state index contributed by atoms with van der Waals surface area (Å²) in [5.41, 5.74) is 2.21. The highest BCUT2D eigenvalue weighted by atomic mass is 16.5. The van der Waals surface area contributed by atoms with E-state index >= 15 is 0 Å². The zero-order valence-corrected chi connectivity index (χ0v) is 9.10. The number of hydrogen-bond donors (Lipinski definition) is 1. The van der Waals surface area contributed by atoms with Gasteiger partial charge in [0, 0.05) is 12.3 Å². The number of carbonyl (C=O) groups excluding carboxylic acids is 2. The van der Waals surface area contributed by atoms with E-state index in [1.54, 1.807) is 0 Å². The number of amides is 1. The van der Waals surface area contributed by atoms with E-state index in [0.29, 0.717) is 17.7 Å². The SMILES string of the molecule is O=C1CC(c2ccccc2)C2=C(COC2=O)N1.